The fourth-order valence-electron chi connectivity index (χ4n) is 3.01. The number of ether oxygens (including phenoxy) is 1. The molecule has 0 radical (unpaired) electrons. The predicted molar refractivity (Wildman–Crippen MR) is 84.3 cm³/mol. The third-order valence-electron chi connectivity index (χ3n) is 4.23. The monoisotopic (exact) mass is 290 g/mol. The lowest BCUT2D eigenvalue weighted by Gasteiger charge is -2.35. The van der Waals surface area contributed by atoms with E-state index in [1.807, 2.05) is 24.3 Å². The molecule has 1 aromatic rings. The van der Waals surface area contributed by atoms with E-state index in [2.05, 4.69) is 4.90 Å². The molecule has 116 valence electrons. The maximum Gasteiger partial charge on any atom is 0.223 e. The first kappa shape index (κ1) is 15.8. The summed E-state index contributed by atoms with van der Waals surface area (Å²) in [6, 6.07) is 8.29. The van der Waals surface area contributed by atoms with E-state index >= 15 is 0 Å². The van der Waals surface area contributed by atoms with Gasteiger partial charge in [-0.25, -0.2) is 0 Å². The highest BCUT2D eigenvalue weighted by Gasteiger charge is 2.25. The number of hydrogen-bond acceptors (Lipinski definition) is 3. The smallest absolute Gasteiger partial charge is 0.223 e. The number of aryl methyl sites for hydroxylation is 1. The average Bonchev–Trinajstić information content (AvgIpc) is 2.54. The molecule has 1 amide bonds. The van der Waals surface area contributed by atoms with Crippen molar-refractivity contribution < 1.29 is 9.53 Å². The molecule has 0 aliphatic carbocycles. The number of carbonyl (C=O) groups excluding carboxylic acids is 1. The molecule has 1 fully saturated rings. The molecule has 2 rings (SSSR count). The maximum atomic E-state index is 12.4. The molecule has 4 heteroatoms. The first-order valence-electron chi connectivity index (χ1n) is 7.87. The molecule has 1 saturated heterocycles. The molecular weight excluding hydrogens is 264 g/mol. The standard InChI is InChI=1S/C17H26N2O2/c1-21-16-8-5-14(6-9-16)7-10-17(20)19-13-3-2-4-15(19)11-12-18/h5-6,8-9,15H,2-4,7,10-13,18H2,1H3. The summed E-state index contributed by atoms with van der Waals surface area (Å²) >= 11 is 0. The van der Waals surface area contributed by atoms with Crippen molar-refractivity contribution in [2.75, 3.05) is 20.2 Å². The zero-order chi connectivity index (χ0) is 15.1. The lowest BCUT2D eigenvalue weighted by molar-refractivity contribution is -0.134. The lowest BCUT2D eigenvalue weighted by Crippen LogP contribution is -2.44. The van der Waals surface area contributed by atoms with Gasteiger partial charge in [-0.2, -0.15) is 0 Å². The van der Waals surface area contributed by atoms with Crippen molar-refractivity contribution in [2.45, 2.75) is 44.6 Å². The van der Waals surface area contributed by atoms with Gasteiger partial charge in [-0.05, 0) is 56.3 Å². The number of carbonyl (C=O) groups is 1. The Kier molecular flexibility index (Phi) is 6.05. The van der Waals surface area contributed by atoms with Crippen LogP contribution in [0, 0.1) is 0 Å². The number of methoxy groups -OCH3 is 1. The van der Waals surface area contributed by atoms with E-state index in [4.69, 9.17) is 10.5 Å². The number of benzene rings is 1. The quantitative estimate of drug-likeness (QED) is 0.875. The van der Waals surface area contributed by atoms with E-state index in [1.165, 1.54) is 12.0 Å². The van der Waals surface area contributed by atoms with Crippen LogP contribution in [-0.4, -0.2) is 37.0 Å². The van der Waals surface area contributed by atoms with Crippen LogP contribution in [0.3, 0.4) is 0 Å². The molecule has 0 aromatic heterocycles. The molecule has 0 bridgehead atoms. The number of likely N-dealkylation sites (tertiary alicyclic amines) is 1. The van der Waals surface area contributed by atoms with Gasteiger partial charge in [-0.3, -0.25) is 4.79 Å². The van der Waals surface area contributed by atoms with Gasteiger partial charge in [-0.1, -0.05) is 12.1 Å². The minimum atomic E-state index is 0.268. The predicted octanol–water partition coefficient (Wildman–Crippen LogP) is 2.36. The molecule has 1 unspecified atom stereocenters. The van der Waals surface area contributed by atoms with Crippen LogP contribution >= 0.6 is 0 Å². The van der Waals surface area contributed by atoms with Crippen LogP contribution in [0.2, 0.25) is 0 Å². The van der Waals surface area contributed by atoms with E-state index in [1.54, 1.807) is 7.11 Å². The second-order valence-electron chi connectivity index (χ2n) is 5.66. The summed E-state index contributed by atoms with van der Waals surface area (Å²) in [6.07, 6.45) is 5.73. The molecule has 0 saturated carbocycles. The highest BCUT2D eigenvalue weighted by atomic mass is 16.5. The molecule has 1 heterocycles. The second-order valence-corrected chi connectivity index (χ2v) is 5.66. The molecule has 1 aliphatic rings. The zero-order valence-corrected chi connectivity index (χ0v) is 12.9. The number of hydrogen-bond donors (Lipinski definition) is 1. The molecule has 21 heavy (non-hydrogen) atoms. The van der Waals surface area contributed by atoms with Crippen molar-refractivity contribution in [2.24, 2.45) is 5.73 Å². The zero-order valence-electron chi connectivity index (χ0n) is 12.9. The molecule has 4 nitrogen and oxygen atoms in total. The summed E-state index contributed by atoms with van der Waals surface area (Å²) in [5.41, 5.74) is 6.84. The molecular formula is C17H26N2O2. The third kappa shape index (κ3) is 4.46. The molecule has 1 atom stereocenters. The van der Waals surface area contributed by atoms with Gasteiger partial charge in [0.15, 0.2) is 0 Å². The lowest BCUT2D eigenvalue weighted by atomic mass is 9.98. The van der Waals surface area contributed by atoms with Crippen LogP contribution in [-0.2, 0) is 11.2 Å². The Morgan fingerprint density at radius 1 is 1.33 bits per heavy atom. The molecule has 0 spiro atoms. The van der Waals surface area contributed by atoms with Crippen molar-refractivity contribution in [1.82, 2.24) is 4.90 Å². The van der Waals surface area contributed by atoms with Gasteiger partial charge >= 0.3 is 0 Å². The molecule has 1 aromatic carbocycles. The van der Waals surface area contributed by atoms with Crippen LogP contribution in [0.15, 0.2) is 24.3 Å². The van der Waals surface area contributed by atoms with E-state index in [0.717, 1.165) is 38.0 Å². The average molecular weight is 290 g/mol. The summed E-state index contributed by atoms with van der Waals surface area (Å²) in [5.74, 6) is 1.12. The molecule has 1 aliphatic heterocycles. The minimum Gasteiger partial charge on any atom is -0.497 e. The fraction of sp³-hybridized carbons (Fsp3) is 0.588. The van der Waals surface area contributed by atoms with Crippen molar-refractivity contribution in [3.8, 4) is 5.75 Å². The van der Waals surface area contributed by atoms with Crippen LogP contribution in [0.5, 0.6) is 5.75 Å². The Hall–Kier alpha value is -1.55. The van der Waals surface area contributed by atoms with Crippen molar-refractivity contribution >= 4 is 5.91 Å². The second kappa shape index (κ2) is 8.03. The number of nitrogens with two attached hydrogens (primary N) is 1. The summed E-state index contributed by atoms with van der Waals surface area (Å²) in [4.78, 5) is 14.5. The largest absolute Gasteiger partial charge is 0.497 e. The van der Waals surface area contributed by atoms with Crippen LogP contribution in [0.1, 0.15) is 37.7 Å². The highest BCUT2D eigenvalue weighted by molar-refractivity contribution is 5.77. The van der Waals surface area contributed by atoms with Gasteiger partial charge in [0, 0.05) is 19.0 Å². The summed E-state index contributed by atoms with van der Waals surface area (Å²) in [5, 5.41) is 0. The van der Waals surface area contributed by atoms with E-state index < -0.39 is 0 Å². The van der Waals surface area contributed by atoms with Gasteiger partial charge in [0.1, 0.15) is 5.75 Å². The van der Waals surface area contributed by atoms with Crippen molar-refractivity contribution in [1.29, 1.82) is 0 Å². The van der Waals surface area contributed by atoms with Gasteiger partial charge in [0.05, 0.1) is 7.11 Å². The number of amides is 1. The van der Waals surface area contributed by atoms with Gasteiger partial charge in [-0.15, -0.1) is 0 Å². The first-order valence-corrected chi connectivity index (χ1v) is 7.87. The van der Waals surface area contributed by atoms with E-state index in [0.29, 0.717) is 19.0 Å². The minimum absolute atomic E-state index is 0.268. The van der Waals surface area contributed by atoms with E-state index in [-0.39, 0.29) is 5.91 Å². The highest BCUT2D eigenvalue weighted by Crippen LogP contribution is 2.21. The Morgan fingerprint density at radius 2 is 2.10 bits per heavy atom. The van der Waals surface area contributed by atoms with Crippen molar-refractivity contribution in [3.63, 3.8) is 0 Å². The van der Waals surface area contributed by atoms with Gasteiger partial charge in [0.25, 0.3) is 0 Å². The first-order chi connectivity index (χ1) is 10.2. The normalized spacial score (nSPS) is 18.6. The summed E-state index contributed by atoms with van der Waals surface area (Å²) < 4.78 is 5.14. The Bertz CT molecular complexity index is 443. The Labute approximate surface area is 127 Å². The van der Waals surface area contributed by atoms with Gasteiger partial charge < -0.3 is 15.4 Å². The SMILES string of the molecule is COc1ccc(CCC(=O)N2CCCCC2CCN)cc1. The summed E-state index contributed by atoms with van der Waals surface area (Å²) in [7, 11) is 1.66. The number of rotatable bonds is 6. The van der Waals surface area contributed by atoms with Gasteiger partial charge in [0.2, 0.25) is 5.91 Å². The van der Waals surface area contributed by atoms with Crippen LogP contribution in [0.4, 0.5) is 0 Å². The number of nitrogens with zero attached hydrogens (tertiary/aromatic N) is 1. The fourth-order valence-corrected chi connectivity index (χ4v) is 3.01. The number of piperidine rings is 1. The maximum absolute atomic E-state index is 12.4. The summed E-state index contributed by atoms with van der Waals surface area (Å²) in [6.45, 7) is 1.55. The molecule has 2 N–H and O–H groups in total. The van der Waals surface area contributed by atoms with Crippen LogP contribution < -0.4 is 10.5 Å². The Balaban J connectivity index is 1.87. The van der Waals surface area contributed by atoms with E-state index in [9.17, 15) is 4.79 Å². The third-order valence-corrected chi connectivity index (χ3v) is 4.23. The van der Waals surface area contributed by atoms with Crippen molar-refractivity contribution in [3.05, 3.63) is 29.8 Å². The topological polar surface area (TPSA) is 55.6 Å². The van der Waals surface area contributed by atoms with Crippen LogP contribution in [0.25, 0.3) is 0 Å². The Morgan fingerprint density at radius 3 is 2.76 bits per heavy atom.